The van der Waals surface area contributed by atoms with E-state index in [4.69, 9.17) is 9.47 Å². The Morgan fingerprint density at radius 3 is 2.54 bits per heavy atom. The number of aromatic carboxylic acids is 1. The van der Waals surface area contributed by atoms with Gasteiger partial charge in [0.15, 0.2) is 0 Å². The number of sulfonamides is 1. The second-order valence-electron chi connectivity index (χ2n) is 6.19. The Kier molecular flexibility index (Phi) is 9.00. The van der Waals surface area contributed by atoms with Gasteiger partial charge in [-0.1, -0.05) is 0 Å². The fraction of sp³-hybridized carbons (Fsp3) is 0.588. The largest absolute Gasteiger partial charge is 0.478 e. The molecule has 148 valence electrons. The van der Waals surface area contributed by atoms with Crippen LogP contribution in [0.2, 0.25) is 0 Å². The average Bonchev–Trinajstić information content (AvgIpc) is 2.53. The third-order valence-corrected chi connectivity index (χ3v) is 4.98. The predicted molar refractivity (Wildman–Crippen MR) is 99.3 cm³/mol. The lowest BCUT2D eigenvalue weighted by Gasteiger charge is -2.15. The smallest absolute Gasteiger partial charge is 0.337 e. The van der Waals surface area contributed by atoms with Crippen LogP contribution in [0.4, 0.5) is 5.69 Å². The number of carboxylic acid groups (broad SMARTS) is 1. The molecule has 8 nitrogen and oxygen atoms in total. The van der Waals surface area contributed by atoms with Crippen molar-refractivity contribution in [2.75, 3.05) is 32.2 Å². The summed E-state index contributed by atoms with van der Waals surface area (Å²) in [6, 6.07) is 3.55. The highest BCUT2D eigenvalue weighted by Gasteiger charge is 2.20. The van der Waals surface area contributed by atoms with Gasteiger partial charge in [0.2, 0.25) is 10.0 Å². The fourth-order valence-electron chi connectivity index (χ4n) is 2.25. The Hall–Kier alpha value is -1.68. The molecule has 9 heteroatoms. The second-order valence-corrected chi connectivity index (χ2v) is 7.90. The second kappa shape index (κ2) is 10.5. The van der Waals surface area contributed by atoms with Crippen LogP contribution in [0.1, 0.15) is 37.6 Å². The van der Waals surface area contributed by atoms with Crippen molar-refractivity contribution < 1.29 is 27.8 Å². The Morgan fingerprint density at radius 2 is 1.96 bits per heavy atom. The van der Waals surface area contributed by atoms with E-state index in [2.05, 4.69) is 10.0 Å². The Bertz CT molecular complexity index is 690. The number of hydrogen-bond donors (Lipinski definition) is 3. The molecule has 0 amide bonds. The quantitative estimate of drug-likeness (QED) is 0.469. The van der Waals surface area contributed by atoms with Gasteiger partial charge in [-0.2, -0.15) is 0 Å². The van der Waals surface area contributed by atoms with E-state index in [-0.39, 0.29) is 23.2 Å². The van der Waals surface area contributed by atoms with Gasteiger partial charge >= 0.3 is 5.97 Å². The van der Waals surface area contributed by atoms with E-state index in [0.29, 0.717) is 25.3 Å². The minimum absolute atomic E-state index is 0.1000. The molecular weight excluding hydrogens is 360 g/mol. The summed E-state index contributed by atoms with van der Waals surface area (Å²) in [4.78, 5) is 11.4. The van der Waals surface area contributed by atoms with Crippen LogP contribution in [0.5, 0.6) is 0 Å². The van der Waals surface area contributed by atoms with Gasteiger partial charge in [0.05, 0.1) is 23.2 Å². The molecule has 1 aromatic rings. The summed E-state index contributed by atoms with van der Waals surface area (Å²) in [6.45, 7) is 6.83. The first-order chi connectivity index (χ1) is 12.2. The van der Waals surface area contributed by atoms with Gasteiger partial charge in [-0.15, -0.1) is 0 Å². The number of hydrogen-bond acceptors (Lipinski definition) is 6. The van der Waals surface area contributed by atoms with Crippen LogP contribution >= 0.6 is 0 Å². The summed E-state index contributed by atoms with van der Waals surface area (Å²) in [7, 11) is -2.36. The van der Waals surface area contributed by atoms with E-state index in [1.165, 1.54) is 19.2 Å². The van der Waals surface area contributed by atoms with Crippen molar-refractivity contribution in [2.24, 2.45) is 0 Å². The zero-order valence-electron chi connectivity index (χ0n) is 15.6. The van der Waals surface area contributed by atoms with Crippen molar-refractivity contribution in [3.05, 3.63) is 23.8 Å². The summed E-state index contributed by atoms with van der Waals surface area (Å²) in [6.07, 6.45) is 0.843. The molecular formula is C17H28N2O6S. The van der Waals surface area contributed by atoms with E-state index in [0.717, 1.165) is 6.07 Å². The highest BCUT2D eigenvalue weighted by atomic mass is 32.2. The topological polar surface area (TPSA) is 114 Å². The lowest BCUT2D eigenvalue weighted by molar-refractivity contribution is 0.0697. The van der Waals surface area contributed by atoms with Gasteiger partial charge in [-0.05, 0) is 45.4 Å². The molecule has 3 N–H and O–H groups in total. The van der Waals surface area contributed by atoms with E-state index < -0.39 is 22.0 Å². The van der Waals surface area contributed by atoms with Crippen molar-refractivity contribution in [1.82, 2.24) is 4.72 Å². The lowest BCUT2D eigenvalue weighted by atomic mass is 10.2. The predicted octanol–water partition coefficient (Wildman–Crippen LogP) is 1.92. The number of methoxy groups -OCH3 is 1. The van der Waals surface area contributed by atoms with Crippen LogP contribution in [0.3, 0.4) is 0 Å². The van der Waals surface area contributed by atoms with Crippen molar-refractivity contribution in [3.8, 4) is 0 Å². The average molecular weight is 388 g/mol. The molecule has 0 bridgehead atoms. The maximum absolute atomic E-state index is 12.4. The monoisotopic (exact) mass is 388 g/mol. The van der Waals surface area contributed by atoms with Gasteiger partial charge in [0.1, 0.15) is 0 Å². The molecule has 0 saturated carbocycles. The maximum atomic E-state index is 12.4. The Morgan fingerprint density at radius 1 is 1.27 bits per heavy atom. The number of anilines is 1. The normalized spacial score (nSPS) is 13.0. The molecule has 1 aromatic carbocycles. The first-order valence-corrected chi connectivity index (χ1v) is 9.89. The first kappa shape index (κ1) is 22.4. The molecule has 0 aromatic heterocycles. The highest BCUT2D eigenvalue weighted by molar-refractivity contribution is 7.89. The number of benzene rings is 1. The van der Waals surface area contributed by atoms with Crippen LogP contribution in [0.15, 0.2) is 23.1 Å². The van der Waals surface area contributed by atoms with Crippen molar-refractivity contribution in [2.45, 2.75) is 44.2 Å². The lowest BCUT2D eigenvalue weighted by Crippen LogP contribution is -2.35. The molecule has 1 atom stereocenters. The number of rotatable bonds is 12. The summed E-state index contributed by atoms with van der Waals surface area (Å²) >= 11 is 0. The maximum Gasteiger partial charge on any atom is 0.337 e. The molecule has 26 heavy (non-hydrogen) atoms. The third-order valence-electron chi connectivity index (χ3n) is 3.39. The molecule has 1 unspecified atom stereocenters. The molecule has 0 spiro atoms. The van der Waals surface area contributed by atoms with E-state index in [1.807, 2.05) is 13.8 Å². The molecule has 0 saturated heterocycles. The van der Waals surface area contributed by atoms with Gasteiger partial charge in [0, 0.05) is 32.0 Å². The van der Waals surface area contributed by atoms with E-state index in [9.17, 15) is 18.3 Å². The minimum atomic E-state index is -3.83. The van der Waals surface area contributed by atoms with Crippen LogP contribution in [0.25, 0.3) is 0 Å². The summed E-state index contributed by atoms with van der Waals surface area (Å²) in [5.41, 5.74) is 0.267. The Balaban J connectivity index is 2.86. The fourth-order valence-corrected chi connectivity index (χ4v) is 3.51. The van der Waals surface area contributed by atoms with Gasteiger partial charge in [0.25, 0.3) is 0 Å². The summed E-state index contributed by atoms with van der Waals surface area (Å²) in [5, 5.41) is 12.4. The first-order valence-electron chi connectivity index (χ1n) is 8.41. The number of carboxylic acids is 1. The standard InChI is InChI=1S/C17H28N2O6S/c1-12(2)25-9-5-8-18-16-7-6-14(10-15(16)17(20)21)26(22,23)19-13(3)11-24-4/h6-7,10,12-13,18-19H,5,8-9,11H2,1-4H3,(H,20,21). The number of nitrogens with one attached hydrogen (secondary N) is 2. The molecule has 0 fully saturated rings. The van der Waals surface area contributed by atoms with Crippen molar-refractivity contribution in [1.29, 1.82) is 0 Å². The number of carbonyl (C=O) groups is 1. The zero-order chi connectivity index (χ0) is 19.7. The van der Waals surface area contributed by atoms with Crippen molar-refractivity contribution in [3.63, 3.8) is 0 Å². The molecule has 1 rings (SSSR count). The summed E-state index contributed by atoms with van der Waals surface area (Å²) < 4.78 is 37.5. The van der Waals surface area contributed by atoms with E-state index in [1.54, 1.807) is 6.92 Å². The number of ether oxygens (including phenoxy) is 2. The molecule has 0 aliphatic heterocycles. The van der Waals surface area contributed by atoms with Crippen LogP contribution < -0.4 is 10.0 Å². The molecule has 0 radical (unpaired) electrons. The van der Waals surface area contributed by atoms with Crippen molar-refractivity contribution >= 4 is 21.7 Å². The third kappa shape index (κ3) is 7.28. The SMILES string of the molecule is COCC(C)NS(=O)(=O)c1ccc(NCCCOC(C)C)c(C(=O)O)c1. The molecule has 0 heterocycles. The van der Waals surface area contributed by atoms with Crippen LogP contribution in [-0.2, 0) is 19.5 Å². The minimum Gasteiger partial charge on any atom is -0.478 e. The molecule has 0 aliphatic carbocycles. The van der Waals surface area contributed by atoms with Gasteiger partial charge in [-0.3, -0.25) is 0 Å². The van der Waals surface area contributed by atoms with Crippen LogP contribution in [0, 0.1) is 0 Å². The highest BCUT2D eigenvalue weighted by Crippen LogP contribution is 2.21. The van der Waals surface area contributed by atoms with Crippen LogP contribution in [-0.4, -0.2) is 58.5 Å². The van der Waals surface area contributed by atoms with E-state index >= 15 is 0 Å². The van der Waals surface area contributed by atoms with Gasteiger partial charge in [-0.25, -0.2) is 17.9 Å². The summed E-state index contributed by atoms with van der Waals surface area (Å²) in [5.74, 6) is -1.20. The Labute approximate surface area is 154 Å². The van der Waals surface area contributed by atoms with Gasteiger partial charge < -0.3 is 19.9 Å². The zero-order valence-corrected chi connectivity index (χ0v) is 16.4. The molecule has 0 aliphatic rings.